The number of alkyl halides is 3. The maximum absolute atomic E-state index is 12.4. The van der Waals surface area contributed by atoms with Gasteiger partial charge in [-0.2, -0.15) is 13.2 Å². The fourth-order valence-electron chi connectivity index (χ4n) is 1.42. The van der Waals surface area contributed by atoms with Crippen molar-refractivity contribution in [1.82, 2.24) is 0 Å². The van der Waals surface area contributed by atoms with Crippen molar-refractivity contribution in [2.24, 2.45) is 0 Å². The fraction of sp³-hybridized carbons (Fsp3) is 0.273. The minimum absolute atomic E-state index is 0.285. The monoisotopic (exact) mass is 275 g/mol. The molecule has 0 unspecified atom stereocenters. The largest absolute Gasteiger partial charge is 0.416 e. The van der Waals surface area contributed by atoms with Crippen molar-refractivity contribution in [3.8, 4) is 0 Å². The third-order valence-electron chi connectivity index (χ3n) is 2.23. The Morgan fingerprint density at radius 1 is 1.32 bits per heavy atom. The first-order chi connectivity index (χ1) is 8.62. The van der Waals surface area contributed by atoms with Crippen LogP contribution in [-0.2, 0) is 11.0 Å². The van der Waals surface area contributed by atoms with Crippen LogP contribution in [0.5, 0.6) is 0 Å². The molecule has 0 N–H and O–H groups in total. The molecule has 0 heterocycles. The minimum Gasteiger partial charge on any atom is -0.300 e. The van der Waals surface area contributed by atoms with Crippen LogP contribution >= 0.6 is 0 Å². The number of halogens is 3. The summed E-state index contributed by atoms with van der Waals surface area (Å²) in [6.07, 6.45) is -5.33. The number of carbonyl (C=O) groups is 2. The van der Waals surface area contributed by atoms with E-state index in [1.165, 1.54) is 0 Å². The Kier molecular flexibility index (Phi) is 4.03. The Morgan fingerprint density at radius 3 is 2.32 bits per heavy atom. The molecular formula is C11H8F3NO4. The van der Waals surface area contributed by atoms with E-state index in [4.69, 9.17) is 0 Å². The summed E-state index contributed by atoms with van der Waals surface area (Å²) in [5.41, 5.74) is -2.69. The van der Waals surface area contributed by atoms with Crippen molar-refractivity contribution in [2.45, 2.75) is 19.5 Å². The van der Waals surface area contributed by atoms with Gasteiger partial charge in [0.1, 0.15) is 5.78 Å². The summed E-state index contributed by atoms with van der Waals surface area (Å²) >= 11 is 0. The molecule has 102 valence electrons. The van der Waals surface area contributed by atoms with E-state index in [0.29, 0.717) is 12.1 Å². The van der Waals surface area contributed by atoms with Crippen LogP contribution < -0.4 is 0 Å². The summed E-state index contributed by atoms with van der Waals surface area (Å²) in [5, 5.41) is 10.7. The number of hydrogen-bond donors (Lipinski definition) is 0. The summed E-state index contributed by atoms with van der Waals surface area (Å²) in [6.45, 7) is 1.10. The second kappa shape index (κ2) is 5.17. The van der Waals surface area contributed by atoms with Crippen molar-refractivity contribution in [2.75, 3.05) is 0 Å². The van der Waals surface area contributed by atoms with Gasteiger partial charge in [0.2, 0.25) is 0 Å². The quantitative estimate of drug-likeness (QED) is 0.366. The molecule has 0 atom stereocenters. The zero-order valence-corrected chi connectivity index (χ0v) is 9.65. The van der Waals surface area contributed by atoms with Crippen LogP contribution in [0.1, 0.15) is 29.3 Å². The summed E-state index contributed by atoms with van der Waals surface area (Å²) in [6, 6.07) is 1.57. The number of benzene rings is 1. The molecule has 19 heavy (non-hydrogen) atoms. The molecule has 0 aliphatic carbocycles. The first-order valence-corrected chi connectivity index (χ1v) is 5.01. The number of ketones is 2. The van der Waals surface area contributed by atoms with E-state index >= 15 is 0 Å². The van der Waals surface area contributed by atoms with Gasteiger partial charge in [0.15, 0.2) is 5.78 Å². The van der Waals surface area contributed by atoms with E-state index in [9.17, 15) is 32.9 Å². The van der Waals surface area contributed by atoms with Crippen molar-refractivity contribution in [3.05, 3.63) is 39.4 Å². The van der Waals surface area contributed by atoms with Crippen LogP contribution in [0.2, 0.25) is 0 Å². The molecule has 0 saturated carbocycles. The van der Waals surface area contributed by atoms with Gasteiger partial charge < -0.3 is 0 Å². The molecule has 0 bridgehead atoms. The highest BCUT2D eigenvalue weighted by molar-refractivity contribution is 6.09. The van der Waals surface area contributed by atoms with Gasteiger partial charge in [0.25, 0.3) is 5.69 Å². The molecule has 8 heteroatoms. The third kappa shape index (κ3) is 3.60. The molecule has 0 amide bonds. The third-order valence-corrected chi connectivity index (χ3v) is 2.23. The van der Waals surface area contributed by atoms with Gasteiger partial charge in [-0.3, -0.25) is 19.7 Å². The minimum atomic E-state index is -4.74. The number of rotatable bonds is 4. The molecule has 1 aromatic rings. The SMILES string of the molecule is CC(=O)CC(=O)c1ccc(C(F)(F)F)cc1[N+](=O)[O-]. The maximum atomic E-state index is 12.4. The van der Waals surface area contributed by atoms with Gasteiger partial charge in [-0.15, -0.1) is 0 Å². The lowest BCUT2D eigenvalue weighted by Crippen LogP contribution is -2.11. The van der Waals surface area contributed by atoms with Crippen LogP contribution in [-0.4, -0.2) is 16.5 Å². The molecule has 5 nitrogen and oxygen atoms in total. The van der Waals surface area contributed by atoms with Crippen LogP contribution in [0.25, 0.3) is 0 Å². The van der Waals surface area contributed by atoms with E-state index < -0.39 is 45.9 Å². The van der Waals surface area contributed by atoms with Gasteiger partial charge in [0, 0.05) is 6.07 Å². The van der Waals surface area contributed by atoms with Crippen molar-refractivity contribution < 1.29 is 27.7 Å². The molecule has 0 aliphatic rings. The van der Waals surface area contributed by atoms with Crippen molar-refractivity contribution in [1.29, 1.82) is 0 Å². The number of nitrogens with zero attached hydrogens (tertiary/aromatic N) is 1. The second-order valence-electron chi connectivity index (χ2n) is 3.79. The molecule has 0 aromatic heterocycles. The maximum Gasteiger partial charge on any atom is 0.416 e. The Labute approximate surface area is 105 Å². The van der Waals surface area contributed by atoms with Gasteiger partial charge in [-0.05, 0) is 19.1 Å². The number of hydrogen-bond acceptors (Lipinski definition) is 4. The molecule has 0 aliphatic heterocycles. The van der Waals surface area contributed by atoms with Crippen LogP contribution in [0.4, 0.5) is 18.9 Å². The van der Waals surface area contributed by atoms with Crippen LogP contribution in [0.15, 0.2) is 18.2 Å². The standard InChI is InChI=1S/C11H8F3NO4/c1-6(16)4-10(17)8-3-2-7(11(12,13)14)5-9(8)15(18)19/h2-3,5H,4H2,1H3. The number of nitro benzene ring substituents is 1. The highest BCUT2D eigenvalue weighted by Crippen LogP contribution is 2.33. The zero-order chi connectivity index (χ0) is 14.8. The highest BCUT2D eigenvalue weighted by atomic mass is 19.4. The second-order valence-corrected chi connectivity index (χ2v) is 3.79. The Bertz CT molecular complexity index is 551. The predicted octanol–water partition coefficient (Wildman–Crippen LogP) is 2.78. The molecule has 1 aromatic carbocycles. The summed E-state index contributed by atoms with van der Waals surface area (Å²) in [5.74, 6) is -1.41. The fourth-order valence-corrected chi connectivity index (χ4v) is 1.42. The summed E-state index contributed by atoms with van der Waals surface area (Å²) in [7, 11) is 0. The average Bonchev–Trinajstić information content (AvgIpc) is 2.25. The predicted molar refractivity (Wildman–Crippen MR) is 57.7 cm³/mol. The number of Topliss-reactive ketones (excluding diaryl/α,β-unsaturated/α-hetero) is 2. The molecule has 0 saturated heterocycles. The molecule has 0 fully saturated rings. The molecule has 1 rings (SSSR count). The topological polar surface area (TPSA) is 77.3 Å². The molecule has 0 spiro atoms. The zero-order valence-electron chi connectivity index (χ0n) is 9.65. The van der Waals surface area contributed by atoms with E-state index in [2.05, 4.69) is 0 Å². The lowest BCUT2D eigenvalue weighted by atomic mass is 10.0. The van der Waals surface area contributed by atoms with Crippen molar-refractivity contribution >= 4 is 17.3 Å². The van der Waals surface area contributed by atoms with Gasteiger partial charge in [0.05, 0.1) is 22.5 Å². The highest BCUT2D eigenvalue weighted by Gasteiger charge is 2.33. The number of carbonyl (C=O) groups excluding carboxylic acids is 2. The van der Waals surface area contributed by atoms with Gasteiger partial charge >= 0.3 is 6.18 Å². The lowest BCUT2D eigenvalue weighted by Gasteiger charge is -2.08. The lowest BCUT2D eigenvalue weighted by molar-refractivity contribution is -0.385. The Hall–Kier alpha value is -2.25. The normalized spacial score (nSPS) is 11.2. The summed E-state index contributed by atoms with van der Waals surface area (Å²) < 4.78 is 37.2. The van der Waals surface area contributed by atoms with Crippen molar-refractivity contribution in [3.63, 3.8) is 0 Å². The molecular weight excluding hydrogens is 267 g/mol. The molecule has 0 radical (unpaired) electrons. The van der Waals surface area contributed by atoms with Crippen LogP contribution in [0, 0.1) is 10.1 Å². The van der Waals surface area contributed by atoms with Gasteiger partial charge in [-0.25, -0.2) is 0 Å². The Morgan fingerprint density at radius 2 is 1.89 bits per heavy atom. The smallest absolute Gasteiger partial charge is 0.300 e. The van der Waals surface area contributed by atoms with Crippen LogP contribution in [0.3, 0.4) is 0 Å². The number of nitro groups is 1. The first-order valence-electron chi connectivity index (χ1n) is 5.01. The van der Waals surface area contributed by atoms with E-state index in [1.807, 2.05) is 0 Å². The van der Waals surface area contributed by atoms with E-state index in [-0.39, 0.29) is 6.07 Å². The summed E-state index contributed by atoms with van der Waals surface area (Å²) in [4.78, 5) is 31.9. The Balaban J connectivity index is 3.31. The van der Waals surface area contributed by atoms with E-state index in [1.54, 1.807) is 0 Å². The first kappa shape index (κ1) is 14.8. The average molecular weight is 275 g/mol. The van der Waals surface area contributed by atoms with E-state index in [0.717, 1.165) is 6.92 Å². The van der Waals surface area contributed by atoms with Gasteiger partial charge in [-0.1, -0.05) is 0 Å².